The molecule has 0 aromatic heterocycles. The Morgan fingerprint density at radius 2 is 2.08 bits per heavy atom. The van der Waals surface area contributed by atoms with Crippen LogP contribution in [0.2, 0.25) is 0 Å². The minimum Gasteiger partial charge on any atom is -0.396 e. The van der Waals surface area contributed by atoms with E-state index in [9.17, 15) is 0 Å². The lowest BCUT2D eigenvalue weighted by atomic mass is 9.82. The van der Waals surface area contributed by atoms with E-state index in [0.717, 1.165) is 13.1 Å². The minimum atomic E-state index is 0.368. The molecule has 0 aromatic carbocycles. The molecule has 0 amide bonds. The first kappa shape index (κ1) is 9.00. The van der Waals surface area contributed by atoms with Gasteiger partial charge in [0.25, 0.3) is 0 Å². The SMILES string of the molecule is OCC1CCC(C2=NCCN2)CC1. The van der Waals surface area contributed by atoms with Gasteiger partial charge in [-0.15, -0.1) is 0 Å². The largest absolute Gasteiger partial charge is 0.396 e. The van der Waals surface area contributed by atoms with Crippen molar-refractivity contribution in [2.45, 2.75) is 25.7 Å². The van der Waals surface area contributed by atoms with Gasteiger partial charge in [0.15, 0.2) is 0 Å². The van der Waals surface area contributed by atoms with Crippen LogP contribution in [0.25, 0.3) is 0 Å². The van der Waals surface area contributed by atoms with Crippen LogP contribution in [0, 0.1) is 11.8 Å². The summed E-state index contributed by atoms with van der Waals surface area (Å²) in [5.41, 5.74) is 0. The Morgan fingerprint density at radius 1 is 1.31 bits per heavy atom. The van der Waals surface area contributed by atoms with E-state index in [1.54, 1.807) is 0 Å². The third kappa shape index (κ3) is 2.02. The molecule has 2 aliphatic rings. The highest BCUT2D eigenvalue weighted by Crippen LogP contribution is 2.29. The maximum Gasteiger partial charge on any atom is 0.0995 e. The Kier molecular flexibility index (Phi) is 2.83. The summed E-state index contributed by atoms with van der Waals surface area (Å²) in [5.74, 6) is 2.44. The van der Waals surface area contributed by atoms with E-state index in [0.29, 0.717) is 18.4 Å². The molecule has 0 radical (unpaired) electrons. The van der Waals surface area contributed by atoms with Gasteiger partial charge in [-0.1, -0.05) is 0 Å². The van der Waals surface area contributed by atoms with Crippen LogP contribution in [0.3, 0.4) is 0 Å². The van der Waals surface area contributed by atoms with Gasteiger partial charge >= 0.3 is 0 Å². The average Bonchev–Trinajstić information content (AvgIpc) is 2.71. The lowest BCUT2D eigenvalue weighted by molar-refractivity contribution is 0.180. The standard InChI is InChI=1S/C10H18N2O/c13-7-8-1-3-9(4-2-8)10-11-5-6-12-10/h8-9,13H,1-7H2,(H,11,12). The first-order valence-corrected chi connectivity index (χ1v) is 5.29. The Balaban J connectivity index is 1.83. The van der Waals surface area contributed by atoms with E-state index < -0.39 is 0 Å². The van der Waals surface area contributed by atoms with Gasteiger partial charge in [0.1, 0.15) is 0 Å². The third-order valence-corrected chi connectivity index (χ3v) is 3.19. The summed E-state index contributed by atoms with van der Waals surface area (Å²) in [4.78, 5) is 4.45. The molecule has 13 heavy (non-hydrogen) atoms. The van der Waals surface area contributed by atoms with Gasteiger partial charge in [-0.3, -0.25) is 4.99 Å². The number of hydrogen-bond acceptors (Lipinski definition) is 3. The van der Waals surface area contributed by atoms with Crippen LogP contribution >= 0.6 is 0 Å². The van der Waals surface area contributed by atoms with Crippen molar-refractivity contribution < 1.29 is 5.11 Å². The van der Waals surface area contributed by atoms with Gasteiger partial charge < -0.3 is 10.4 Å². The molecular weight excluding hydrogens is 164 g/mol. The smallest absolute Gasteiger partial charge is 0.0995 e. The Hall–Kier alpha value is -0.570. The van der Waals surface area contributed by atoms with Crippen molar-refractivity contribution in [3.63, 3.8) is 0 Å². The van der Waals surface area contributed by atoms with Crippen LogP contribution in [0.15, 0.2) is 4.99 Å². The molecule has 1 aliphatic carbocycles. The third-order valence-electron chi connectivity index (χ3n) is 3.19. The van der Waals surface area contributed by atoms with E-state index in [4.69, 9.17) is 5.11 Å². The molecule has 2 rings (SSSR count). The van der Waals surface area contributed by atoms with Crippen LogP contribution in [0.1, 0.15) is 25.7 Å². The number of aliphatic hydroxyl groups excluding tert-OH is 1. The van der Waals surface area contributed by atoms with Crippen molar-refractivity contribution in [3.05, 3.63) is 0 Å². The molecule has 0 saturated heterocycles. The van der Waals surface area contributed by atoms with E-state index in [1.165, 1.54) is 31.5 Å². The Labute approximate surface area is 79.3 Å². The summed E-state index contributed by atoms with van der Waals surface area (Å²) in [6, 6.07) is 0. The highest BCUT2D eigenvalue weighted by Gasteiger charge is 2.25. The Morgan fingerprint density at radius 3 is 2.62 bits per heavy atom. The van der Waals surface area contributed by atoms with Gasteiger partial charge in [-0.2, -0.15) is 0 Å². The second-order valence-electron chi connectivity index (χ2n) is 4.09. The normalized spacial score (nSPS) is 34.1. The van der Waals surface area contributed by atoms with Crippen molar-refractivity contribution in [2.75, 3.05) is 19.7 Å². The van der Waals surface area contributed by atoms with Crippen molar-refractivity contribution in [1.29, 1.82) is 0 Å². The maximum absolute atomic E-state index is 9.00. The monoisotopic (exact) mass is 182 g/mol. The van der Waals surface area contributed by atoms with Crippen LogP contribution in [0.4, 0.5) is 0 Å². The summed E-state index contributed by atoms with van der Waals surface area (Å²) < 4.78 is 0. The molecule has 2 N–H and O–H groups in total. The predicted octanol–water partition coefficient (Wildman–Crippen LogP) is 0.787. The van der Waals surface area contributed by atoms with Crippen LogP contribution in [-0.2, 0) is 0 Å². The highest BCUT2D eigenvalue weighted by molar-refractivity contribution is 5.85. The molecule has 74 valence electrons. The fourth-order valence-electron chi connectivity index (χ4n) is 2.31. The molecule has 0 atom stereocenters. The maximum atomic E-state index is 9.00. The molecule has 0 spiro atoms. The number of hydrogen-bond donors (Lipinski definition) is 2. The summed E-state index contributed by atoms with van der Waals surface area (Å²) in [5, 5.41) is 12.3. The van der Waals surface area contributed by atoms with Crippen molar-refractivity contribution >= 4 is 5.84 Å². The van der Waals surface area contributed by atoms with Gasteiger partial charge in [-0.05, 0) is 31.6 Å². The highest BCUT2D eigenvalue weighted by atomic mass is 16.3. The zero-order valence-electron chi connectivity index (χ0n) is 8.00. The zero-order valence-corrected chi connectivity index (χ0v) is 8.00. The summed E-state index contributed by atoms with van der Waals surface area (Å²) >= 11 is 0. The lowest BCUT2D eigenvalue weighted by Gasteiger charge is -2.27. The van der Waals surface area contributed by atoms with E-state index in [-0.39, 0.29) is 0 Å². The van der Waals surface area contributed by atoms with Gasteiger partial charge in [-0.25, -0.2) is 0 Å². The van der Waals surface area contributed by atoms with Crippen molar-refractivity contribution in [1.82, 2.24) is 5.32 Å². The number of amidine groups is 1. The molecule has 0 unspecified atom stereocenters. The number of rotatable bonds is 2. The van der Waals surface area contributed by atoms with Gasteiger partial charge in [0.2, 0.25) is 0 Å². The molecule has 1 fully saturated rings. The van der Waals surface area contributed by atoms with Crippen LogP contribution in [-0.4, -0.2) is 30.6 Å². The fourth-order valence-corrected chi connectivity index (χ4v) is 2.31. The number of aliphatic imine (C=N–C) groups is 1. The van der Waals surface area contributed by atoms with Crippen LogP contribution in [0.5, 0.6) is 0 Å². The fraction of sp³-hybridized carbons (Fsp3) is 0.900. The number of aliphatic hydroxyl groups is 1. The molecular formula is C10H18N2O. The number of nitrogens with zero attached hydrogens (tertiary/aromatic N) is 1. The number of nitrogens with one attached hydrogen (secondary N) is 1. The second kappa shape index (κ2) is 4.09. The molecule has 1 aliphatic heterocycles. The van der Waals surface area contributed by atoms with E-state index >= 15 is 0 Å². The molecule has 1 saturated carbocycles. The lowest BCUT2D eigenvalue weighted by Crippen LogP contribution is -2.30. The van der Waals surface area contributed by atoms with E-state index in [1.807, 2.05) is 0 Å². The van der Waals surface area contributed by atoms with Crippen LogP contribution < -0.4 is 5.32 Å². The Bertz CT molecular complexity index is 195. The molecule has 3 heteroatoms. The van der Waals surface area contributed by atoms with Crippen molar-refractivity contribution in [2.24, 2.45) is 16.8 Å². The average molecular weight is 182 g/mol. The van der Waals surface area contributed by atoms with Gasteiger partial charge in [0.05, 0.1) is 12.4 Å². The molecule has 0 aromatic rings. The molecule has 1 heterocycles. The quantitative estimate of drug-likeness (QED) is 0.663. The first-order chi connectivity index (χ1) is 6.40. The topological polar surface area (TPSA) is 44.6 Å². The molecule has 0 bridgehead atoms. The summed E-state index contributed by atoms with van der Waals surface area (Å²) in [6.45, 7) is 2.34. The minimum absolute atomic E-state index is 0.368. The summed E-state index contributed by atoms with van der Waals surface area (Å²) in [7, 11) is 0. The van der Waals surface area contributed by atoms with Crippen molar-refractivity contribution in [3.8, 4) is 0 Å². The second-order valence-corrected chi connectivity index (χ2v) is 4.09. The molecule has 3 nitrogen and oxygen atoms in total. The summed E-state index contributed by atoms with van der Waals surface area (Å²) in [6.07, 6.45) is 4.75. The van der Waals surface area contributed by atoms with Gasteiger partial charge in [0, 0.05) is 19.1 Å². The predicted molar refractivity (Wildman–Crippen MR) is 52.8 cm³/mol. The van der Waals surface area contributed by atoms with E-state index in [2.05, 4.69) is 10.3 Å². The zero-order chi connectivity index (χ0) is 9.10. The first-order valence-electron chi connectivity index (χ1n) is 5.29.